The second-order valence-corrected chi connectivity index (χ2v) is 8.93. The number of rotatable bonds is 5. The van der Waals surface area contributed by atoms with Gasteiger partial charge in [0, 0.05) is 24.2 Å². The molecule has 0 saturated carbocycles. The minimum Gasteiger partial charge on any atom is -0.490 e. The van der Waals surface area contributed by atoms with E-state index in [0.29, 0.717) is 12.5 Å². The number of hydrogen-bond acceptors (Lipinski definition) is 6. The Morgan fingerprint density at radius 3 is 2.84 bits per heavy atom. The number of aromatic nitrogens is 2. The lowest BCUT2D eigenvalue weighted by molar-refractivity contribution is 0.149. The fourth-order valence-corrected chi connectivity index (χ4v) is 4.43. The molecule has 162 valence electrons. The Morgan fingerprint density at radius 1 is 1.23 bits per heavy atom. The van der Waals surface area contributed by atoms with Crippen LogP contribution in [0, 0.1) is 0 Å². The van der Waals surface area contributed by atoms with Crippen molar-refractivity contribution in [1.29, 1.82) is 0 Å². The second kappa shape index (κ2) is 8.00. The van der Waals surface area contributed by atoms with Gasteiger partial charge in [-0.3, -0.25) is 9.88 Å². The smallest absolute Gasteiger partial charge is 0.198 e. The van der Waals surface area contributed by atoms with E-state index in [1.165, 1.54) is 5.56 Å². The normalized spacial score (nSPS) is 18.7. The molecule has 1 fully saturated rings. The molecule has 5 rings (SSSR count). The molecule has 6 nitrogen and oxygen atoms in total. The van der Waals surface area contributed by atoms with Crippen LogP contribution in [0.25, 0.3) is 17.2 Å². The van der Waals surface area contributed by atoms with Crippen LogP contribution in [0.5, 0.6) is 11.5 Å². The van der Waals surface area contributed by atoms with E-state index in [2.05, 4.69) is 53.0 Å². The zero-order valence-electron chi connectivity index (χ0n) is 18.4. The highest BCUT2D eigenvalue weighted by Gasteiger charge is 2.27. The van der Waals surface area contributed by atoms with Crippen molar-refractivity contribution in [2.45, 2.75) is 51.7 Å². The lowest BCUT2D eigenvalue weighted by Crippen LogP contribution is -2.32. The number of ether oxygens (including phenoxy) is 2. The first-order valence-corrected chi connectivity index (χ1v) is 11.1. The SMILES string of the molecule is CCOc1cc(CN2CCC(c3nc4ccncc4o3)CC2)cc2c1OC(C)(C)C=C2. The van der Waals surface area contributed by atoms with Gasteiger partial charge in [0.2, 0.25) is 0 Å². The molecule has 1 saturated heterocycles. The topological polar surface area (TPSA) is 60.6 Å². The molecule has 0 aliphatic carbocycles. The maximum absolute atomic E-state index is 6.19. The van der Waals surface area contributed by atoms with Crippen molar-refractivity contribution in [1.82, 2.24) is 14.9 Å². The first-order valence-electron chi connectivity index (χ1n) is 11.1. The molecule has 1 aromatic carbocycles. The van der Waals surface area contributed by atoms with Crippen molar-refractivity contribution >= 4 is 17.2 Å². The molecule has 4 heterocycles. The van der Waals surface area contributed by atoms with Crippen molar-refractivity contribution in [2.24, 2.45) is 0 Å². The van der Waals surface area contributed by atoms with Crippen LogP contribution < -0.4 is 9.47 Å². The average Bonchev–Trinajstić information content (AvgIpc) is 3.19. The molecule has 31 heavy (non-hydrogen) atoms. The van der Waals surface area contributed by atoms with E-state index in [1.54, 1.807) is 12.4 Å². The minimum atomic E-state index is -0.316. The van der Waals surface area contributed by atoms with Crippen LogP contribution in [0.2, 0.25) is 0 Å². The number of oxazole rings is 1. The molecule has 2 aliphatic heterocycles. The van der Waals surface area contributed by atoms with Gasteiger partial charge in [0.25, 0.3) is 0 Å². The van der Waals surface area contributed by atoms with Gasteiger partial charge in [-0.25, -0.2) is 4.98 Å². The Bertz CT molecular complexity index is 1080. The minimum absolute atomic E-state index is 0.316. The van der Waals surface area contributed by atoms with Gasteiger partial charge in [-0.05, 0) is 76.5 Å². The van der Waals surface area contributed by atoms with Crippen LogP contribution in [0.15, 0.2) is 41.1 Å². The summed E-state index contributed by atoms with van der Waals surface area (Å²) in [5, 5.41) is 0. The summed E-state index contributed by atoms with van der Waals surface area (Å²) in [5.74, 6) is 2.90. The van der Waals surface area contributed by atoms with E-state index in [1.807, 2.05) is 13.0 Å². The Kier molecular flexibility index (Phi) is 5.18. The lowest BCUT2D eigenvalue weighted by atomic mass is 9.96. The van der Waals surface area contributed by atoms with Gasteiger partial charge in [0.15, 0.2) is 23.0 Å². The molecule has 2 aliphatic rings. The molecule has 0 bridgehead atoms. The molecule has 3 aromatic rings. The third-order valence-corrected chi connectivity index (χ3v) is 6.02. The van der Waals surface area contributed by atoms with Crippen molar-refractivity contribution < 1.29 is 13.9 Å². The predicted octanol–water partition coefficient (Wildman–Crippen LogP) is 5.19. The van der Waals surface area contributed by atoms with Gasteiger partial charge in [0.05, 0.1) is 12.8 Å². The van der Waals surface area contributed by atoms with Crippen LogP contribution in [0.1, 0.15) is 56.5 Å². The zero-order chi connectivity index (χ0) is 21.4. The average molecular weight is 420 g/mol. The maximum atomic E-state index is 6.19. The standard InChI is InChI=1S/C25H29N3O3/c1-4-29-21-14-17(13-19-5-9-25(2,3)31-23(19)21)16-28-11-7-18(8-12-28)24-27-20-6-10-26-15-22(20)30-24/h5-6,9-10,13-15,18H,4,7-8,11-12,16H2,1-3H3. The second-order valence-electron chi connectivity index (χ2n) is 8.93. The summed E-state index contributed by atoms with van der Waals surface area (Å²) >= 11 is 0. The summed E-state index contributed by atoms with van der Waals surface area (Å²) in [6, 6.07) is 6.27. The maximum Gasteiger partial charge on any atom is 0.198 e. The number of piperidine rings is 1. The number of benzene rings is 1. The van der Waals surface area contributed by atoms with E-state index < -0.39 is 0 Å². The summed E-state index contributed by atoms with van der Waals surface area (Å²) in [4.78, 5) is 11.3. The van der Waals surface area contributed by atoms with Gasteiger partial charge in [-0.15, -0.1) is 0 Å². The highest BCUT2D eigenvalue weighted by molar-refractivity contribution is 5.71. The van der Waals surface area contributed by atoms with E-state index in [0.717, 1.165) is 66.5 Å². The van der Waals surface area contributed by atoms with Gasteiger partial charge < -0.3 is 13.9 Å². The van der Waals surface area contributed by atoms with E-state index in [-0.39, 0.29) is 5.60 Å². The molecule has 0 N–H and O–H groups in total. The van der Waals surface area contributed by atoms with Crippen molar-refractivity contribution in [2.75, 3.05) is 19.7 Å². The summed E-state index contributed by atoms with van der Waals surface area (Å²) in [6.07, 6.45) is 9.84. The molecule has 6 heteroatoms. The lowest BCUT2D eigenvalue weighted by Gasteiger charge is -2.32. The number of fused-ring (bicyclic) bond motifs is 2. The van der Waals surface area contributed by atoms with Crippen molar-refractivity contribution in [3.63, 3.8) is 0 Å². The van der Waals surface area contributed by atoms with Crippen LogP contribution in [0.3, 0.4) is 0 Å². The molecule has 2 aromatic heterocycles. The van der Waals surface area contributed by atoms with Crippen molar-refractivity contribution in [3.05, 3.63) is 53.7 Å². The summed E-state index contributed by atoms with van der Waals surface area (Å²) < 4.78 is 18.1. The fraction of sp³-hybridized carbons (Fsp3) is 0.440. The summed E-state index contributed by atoms with van der Waals surface area (Å²) in [6.45, 7) is 9.69. The van der Waals surface area contributed by atoms with Crippen LogP contribution in [-0.4, -0.2) is 40.2 Å². The highest BCUT2D eigenvalue weighted by Crippen LogP contribution is 2.40. The van der Waals surface area contributed by atoms with Gasteiger partial charge in [0.1, 0.15) is 11.1 Å². The molecular formula is C25H29N3O3. The number of pyridine rings is 1. The van der Waals surface area contributed by atoms with E-state index >= 15 is 0 Å². The summed E-state index contributed by atoms with van der Waals surface area (Å²) in [5.41, 5.74) is 3.69. The Labute approximate surface area is 182 Å². The molecule has 0 spiro atoms. The first kappa shape index (κ1) is 20.1. The Balaban J connectivity index is 1.28. The number of nitrogens with zero attached hydrogens (tertiary/aromatic N) is 3. The highest BCUT2D eigenvalue weighted by atomic mass is 16.5. The molecule has 0 radical (unpaired) electrons. The van der Waals surface area contributed by atoms with Gasteiger partial charge >= 0.3 is 0 Å². The molecule has 0 unspecified atom stereocenters. The Morgan fingerprint density at radius 2 is 2.06 bits per heavy atom. The predicted molar refractivity (Wildman–Crippen MR) is 120 cm³/mol. The monoisotopic (exact) mass is 419 g/mol. The third kappa shape index (κ3) is 4.17. The number of hydrogen-bond donors (Lipinski definition) is 0. The van der Waals surface area contributed by atoms with E-state index in [9.17, 15) is 0 Å². The number of likely N-dealkylation sites (tertiary alicyclic amines) is 1. The zero-order valence-corrected chi connectivity index (χ0v) is 18.4. The third-order valence-electron chi connectivity index (χ3n) is 6.02. The molecule has 0 amide bonds. The molecular weight excluding hydrogens is 390 g/mol. The molecule has 0 atom stereocenters. The van der Waals surface area contributed by atoms with Crippen LogP contribution in [-0.2, 0) is 6.54 Å². The quantitative estimate of drug-likeness (QED) is 0.567. The van der Waals surface area contributed by atoms with Crippen LogP contribution in [0.4, 0.5) is 0 Å². The largest absolute Gasteiger partial charge is 0.490 e. The Hall–Kier alpha value is -2.86. The van der Waals surface area contributed by atoms with Crippen molar-refractivity contribution in [3.8, 4) is 11.5 Å². The van der Waals surface area contributed by atoms with E-state index in [4.69, 9.17) is 13.9 Å². The fourth-order valence-electron chi connectivity index (χ4n) is 4.43. The van der Waals surface area contributed by atoms with Crippen LogP contribution >= 0.6 is 0 Å². The summed E-state index contributed by atoms with van der Waals surface area (Å²) in [7, 11) is 0. The van der Waals surface area contributed by atoms with Gasteiger partial charge in [-0.2, -0.15) is 0 Å². The first-order chi connectivity index (χ1) is 15.0. The van der Waals surface area contributed by atoms with Gasteiger partial charge in [-0.1, -0.05) is 6.08 Å².